The van der Waals surface area contributed by atoms with Crippen molar-refractivity contribution in [3.05, 3.63) is 47.9 Å². The van der Waals surface area contributed by atoms with E-state index in [4.69, 9.17) is 0 Å². The van der Waals surface area contributed by atoms with Crippen LogP contribution in [0.5, 0.6) is 0 Å². The lowest BCUT2D eigenvalue weighted by Gasteiger charge is -2.00. The SMILES string of the molecule is Cc1ccc(-c2ccccc2F)nn1. The highest BCUT2D eigenvalue weighted by Gasteiger charge is 2.04. The Balaban J connectivity index is 2.50. The van der Waals surface area contributed by atoms with Gasteiger partial charge in [0.25, 0.3) is 0 Å². The van der Waals surface area contributed by atoms with Gasteiger partial charge in [-0.25, -0.2) is 4.39 Å². The maximum atomic E-state index is 13.3. The Labute approximate surface area is 81.4 Å². The van der Waals surface area contributed by atoms with Gasteiger partial charge in [-0.05, 0) is 31.2 Å². The summed E-state index contributed by atoms with van der Waals surface area (Å²) in [6.45, 7) is 1.85. The Morgan fingerprint density at radius 3 is 2.43 bits per heavy atom. The van der Waals surface area contributed by atoms with Gasteiger partial charge < -0.3 is 0 Å². The second-order valence-corrected chi connectivity index (χ2v) is 3.04. The Bertz CT molecular complexity index is 437. The van der Waals surface area contributed by atoms with Crippen molar-refractivity contribution < 1.29 is 4.39 Å². The van der Waals surface area contributed by atoms with E-state index in [0.29, 0.717) is 11.3 Å². The molecule has 2 aromatic rings. The molecule has 0 radical (unpaired) electrons. The van der Waals surface area contributed by atoms with Gasteiger partial charge in [-0.1, -0.05) is 12.1 Å². The van der Waals surface area contributed by atoms with E-state index in [1.165, 1.54) is 6.07 Å². The molecule has 1 aromatic heterocycles. The maximum absolute atomic E-state index is 13.3. The Hall–Kier alpha value is -1.77. The van der Waals surface area contributed by atoms with Crippen molar-refractivity contribution in [1.82, 2.24) is 10.2 Å². The molecule has 0 unspecified atom stereocenters. The fourth-order valence-corrected chi connectivity index (χ4v) is 1.21. The summed E-state index contributed by atoms with van der Waals surface area (Å²) in [6.07, 6.45) is 0. The molecule has 0 aliphatic rings. The fraction of sp³-hybridized carbons (Fsp3) is 0.0909. The van der Waals surface area contributed by atoms with E-state index < -0.39 is 0 Å². The van der Waals surface area contributed by atoms with Crippen LogP contribution in [0.4, 0.5) is 4.39 Å². The monoisotopic (exact) mass is 188 g/mol. The summed E-state index contributed by atoms with van der Waals surface area (Å²) in [5.41, 5.74) is 1.87. The molecule has 0 saturated carbocycles. The van der Waals surface area contributed by atoms with Crippen molar-refractivity contribution in [1.29, 1.82) is 0 Å². The number of aromatic nitrogens is 2. The van der Waals surface area contributed by atoms with Crippen molar-refractivity contribution in [2.45, 2.75) is 6.92 Å². The molecular formula is C11H9FN2. The van der Waals surface area contributed by atoms with E-state index in [-0.39, 0.29) is 5.82 Å². The van der Waals surface area contributed by atoms with Crippen LogP contribution in [0.1, 0.15) is 5.69 Å². The number of benzene rings is 1. The van der Waals surface area contributed by atoms with Crippen LogP contribution in [-0.4, -0.2) is 10.2 Å². The molecule has 0 amide bonds. The summed E-state index contributed by atoms with van der Waals surface area (Å²) >= 11 is 0. The molecule has 0 saturated heterocycles. The van der Waals surface area contributed by atoms with Gasteiger partial charge in [0.15, 0.2) is 0 Å². The molecule has 0 aliphatic heterocycles. The third kappa shape index (κ3) is 1.62. The lowest BCUT2D eigenvalue weighted by atomic mass is 10.1. The minimum atomic E-state index is -0.273. The van der Waals surface area contributed by atoms with Gasteiger partial charge in [0.1, 0.15) is 5.82 Å². The average molecular weight is 188 g/mol. The van der Waals surface area contributed by atoms with Crippen LogP contribution < -0.4 is 0 Å². The zero-order chi connectivity index (χ0) is 9.97. The topological polar surface area (TPSA) is 25.8 Å². The van der Waals surface area contributed by atoms with E-state index in [0.717, 1.165) is 5.69 Å². The molecule has 0 N–H and O–H groups in total. The number of hydrogen-bond donors (Lipinski definition) is 0. The summed E-state index contributed by atoms with van der Waals surface area (Å²) < 4.78 is 13.3. The lowest BCUT2D eigenvalue weighted by Crippen LogP contribution is -1.91. The summed E-state index contributed by atoms with van der Waals surface area (Å²) in [7, 11) is 0. The van der Waals surface area contributed by atoms with Crippen LogP contribution in [0.25, 0.3) is 11.3 Å². The Morgan fingerprint density at radius 1 is 1.00 bits per heavy atom. The molecule has 1 aromatic carbocycles. The van der Waals surface area contributed by atoms with E-state index in [9.17, 15) is 4.39 Å². The standard InChI is InChI=1S/C11H9FN2/c1-8-6-7-11(14-13-8)9-4-2-3-5-10(9)12/h2-7H,1H3. The molecule has 2 rings (SSSR count). The minimum Gasteiger partial charge on any atom is -0.206 e. The van der Waals surface area contributed by atoms with Gasteiger partial charge in [-0.2, -0.15) is 10.2 Å². The molecule has 0 aliphatic carbocycles. The van der Waals surface area contributed by atoms with Gasteiger partial charge in [0.05, 0.1) is 11.4 Å². The molecule has 70 valence electrons. The number of aryl methyl sites for hydroxylation is 1. The van der Waals surface area contributed by atoms with E-state index in [2.05, 4.69) is 10.2 Å². The van der Waals surface area contributed by atoms with Crippen molar-refractivity contribution >= 4 is 0 Å². The number of halogens is 1. The largest absolute Gasteiger partial charge is 0.206 e. The quantitative estimate of drug-likeness (QED) is 0.687. The van der Waals surface area contributed by atoms with Crippen LogP contribution >= 0.6 is 0 Å². The average Bonchev–Trinajstić information content (AvgIpc) is 2.20. The third-order valence-corrected chi connectivity index (χ3v) is 1.95. The molecule has 1 heterocycles. The number of nitrogens with zero attached hydrogens (tertiary/aromatic N) is 2. The van der Waals surface area contributed by atoms with Crippen molar-refractivity contribution in [2.24, 2.45) is 0 Å². The summed E-state index contributed by atoms with van der Waals surface area (Å²) in [5.74, 6) is -0.273. The van der Waals surface area contributed by atoms with E-state index in [1.54, 1.807) is 24.3 Å². The summed E-state index contributed by atoms with van der Waals surface area (Å²) in [4.78, 5) is 0. The first kappa shape index (κ1) is 8.81. The molecule has 14 heavy (non-hydrogen) atoms. The highest BCUT2D eigenvalue weighted by Crippen LogP contribution is 2.19. The Morgan fingerprint density at radius 2 is 1.79 bits per heavy atom. The predicted octanol–water partition coefficient (Wildman–Crippen LogP) is 2.59. The zero-order valence-electron chi connectivity index (χ0n) is 7.74. The van der Waals surface area contributed by atoms with Crippen LogP contribution in [-0.2, 0) is 0 Å². The summed E-state index contributed by atoms with van der Waals surface area (Å²) in [6, 6.07) is 10.1. The number of rotatable bonds is 1. The van der Waals surface area contributed by atoms with Gasteiger partial charge in [-0.3, -0.25) is 0 Å². The van der Waals surface area contributed by atoms with Crippen molar-refractivity contribution in [3.8, 4) is 11.3 Å². The molecule has 0 bridgehead atoms. The van der Waals surface area contributed by atoms with Crippen LogP contribution in [0.3, 0.4) is 0 Å². The number of hydrogen-bond acceptors (Lipinski definition) is 2. The lowest BCUT2D eigenvalue weighted by molar-refractivity contribution is 0.630. The zero-order valence-corrected chi connectivity index (χ0v) is 7.74. The van der Waals surface area contributed by atoms with Crippen LogP contribution in [0.2, 0.25) is 0 Å². The first-order valence-corrected chi connectivity index (χ1v) is 4.32. The fourth-order valence-electron chi connectivity index (χ4n) is 1.21. The second kappa shape index (κ2) is 3.54. The van der Waals surface area contributed by atoms with Crippen molar-refractivity contribution in [2.75, 3.05) is 0 Å². The molecule has 0 fully saturated rings. The van der Waals surface area contributed by atoms with Crippen LogP contribution in [0, 0.1) is 12.7 Å². The summed E-state index contributed by atoms with van der Waals surface area (Å²) in [5, 5.41) is 7.80. The van der Waals surface area contributed by atoms with Crippen LogP contribution in [0.15, 0.2) is 36.4 Å². The van der Waals surface area contributed by atoms with E-state index >= 15 is 0 Å². The van der Waals surface area contributed by atoms with Gasteiger partial charge in [0.2, 0.25) is 0 Å². The highest BCUT2D eigenvalue weighted by atomic mass is 19.1. The molecule has 3 heteroatoms. The van der Waals surface area contributed by atoms with Gasteiger partial charge >= 0.3 is 0 Å². The molecular weight excluding hydrogens is 179 g/mol. The van der Waals surface area contributed by atoms with Gasteiger partial charge in [-0.15, -0.1) is 0 Å². The molecule has 0 spiro atoms. The van der Waals surface area contributed by atoms with Gasteiger partial charge in [0, 0.05) is 5.56 Å². The second-order valence-electron chi connectivity index (χ2n) is 3.04. The maximum Gasteiger partial charge on any atom is 0.132 e. The first-order valence-electron chi connectivity index (χ1n) is 4.32. The minimum absolute atomic E-state index is 0.273. The molecule has 0 atom stereocenters. The third-order valence-electron chi connectivity index (χ3n) is 1.95. The Kier molecular flexibility index (Phi) is 2.23. The first-order chi connectivity index (χ1) is 6.77. The smallest absolute Gasteiger partial charge is 0.132 e. The molecule has 2 nitrogen and oxygen atoms in total. The van der Waals surface area contributed by atoms with E-state index in [1.807, 2.05) is 13.0 Å². The van der Waals surface area contributed by atoms with Crippen molar-refractivity contribution in [3.63, 3.8) is 0 Å². The normalized spacial score (nSPS) is 10.1. The highest BCUT2D eigenvalue weighted by molar-refractivity contribution is 5.58. The predicted molar refractivity (Wildman–Crippen MR) is 52.2 cm³/mol.